The number of halogens is 4. The summed E-state index contributed by atoms with van der Waals surface area (Å²) in [5.41, 5.74) is 1.59. The third kappa shape index (κ3) is 5.61. The second kappa shape index (κ2) is 8.48. The summed E-state index contributed by atoms with van der Waals surface area (Å²) in [5, 5.41) is 0. The molecular weight excluding hydrogens is 415 g/mol. The molecular formula is C22H21BF4S2. The molecule has 0 fully saturated rings. The van der Waals surface area contributed by atoms with E-state index >= 15 is 0 Å². The van der Waals surface area contributed by atoms with Gasteiger partial charge in [-0.15, -0.1) is 0 Å². The van der Waals surface area contributed by atoms with Gasteiger partial charge in [0, 0.05) is 0 Å². The topological polar surface area (TPSA) is 0 Å². The van der Waals surface area contributed by atoms with Crippen LogP contribution in [-0.2, 0) is 16.3 Å². The van der Waals surface area contributed by atoms with E-state index in [1.807, 2.05) is 11.8 Å². The van der Waals surface area contributed by atoms with Gasteiger partial charge < -0.3 is 17.3 Å². The molecule has 1 aliphatic rings. The van der Waals surface area contributed by atoms with Crippen molar-refractivity contribution >= 4 is 29.9 Å². The van der Waals surface area contributed by atoms with Crippen molar-refractivity contribution < 1.29 is 17.3 Å². The average molecular weight is 436 g/mol. The molecule has 0 amide bonds. The zero-order chi connectivity index (χ0) is 21.2. The smallest absolute Gasteiger partial charge is 0.418 e. The van der Waals surface area contributed by atoms with E-state index in [0.717, 1.165) is 0 Å². The maximum absolute atomic E-state index is 9.75. The van der Waals surface area contributed by atoms with Crippen LogP contribution in [-0.4, -0.2) is 7.25 Å². The van der Waals surface area contributed by atoms with E-state index in [2.05, 4.69) is 93.6 Å². The van der Waals surface area contributed by atoms with Gasteiger partial charge >= 0.3 is 7.25 Å². The largest absolute Gasteiger partial charge is 0.673 e. The van der Waals surface area contributed by atoms with Crippen LogP contribution >= 0.6 is 11.8 Å². The summed E-state index contributed by atoms with van der Waals surface area (Å²) in [7, 11) is -6.01. The molecule has 7 heteroatoms. The molecule has 4 rings (SSSR count). The number of hydrogen-bond donors (Lipinski definition) is 0. The predicted molar refractivity (Wildman–Crippen MR) is 114 cm³/mol. The number of fused-ring (bicyclic) bond motifs is 2. The first-order valence-electron chi connectivity index (χ1n) is 9.12. The lowest BCUT2D eigenvalue weighted by molar-refractivity contribution is 0.368. The fraction of sp³-hybridized carbons (Fsp3) is 0.182. The summed E-state index contributed by atoms with van der Waals surface area (Å²) >= 11 is 1.90. The summed E-state index contributed by atoms with van der Waals surface area (Å²) in [6, 6.07) is 26.9. The van der Waals surface area contributed by atoms with Crippen LogP contribution < -0.4 is 0 Å². The van der Waals surface area contributed by atoms with Crippen molar-refractivity contribution in [3.63, 3.8) is 0 Å². The molecule has 29 heavy (non-hydrogen) atoms. The minimum absolute atomic E-state index is 0.0138. The summed E-state index contributed by atoms with van der Waals surface area (Å²) in [6.07, 6.45) is 0. The van der Waals surface area contributed by atoms with Gasteiger partial charge in [0.25, 0.3) is 0 Å². The molecule has 3 aromatic rings. The number of rotatable bonds is 1. The molecule has 0 saturated carbocycles. The average Bonchev–Trinajstić information content (AvgIpc) is 2.64. The second-order valence-corrected chi connectivity index (χ2v) is 10.6. The Morgan fingerprint density at radius 2 is 1.10 bits per heavy atom. The Morgan fingerprint density at radius 3 is 1.52 bits per heavy atom. The molecule has 0 N–H and O–H groups in total. The Kier molecular flexibility index (Phi) is 6.39. The van der Waals surface area contributed by atoms with E-state index in [1.165, 1.54) is 30.0 Å². The molecule has 0 aromatic heterocycles. The van der Waals surface area contributed by atoms with Crippen molar-refractivity contribution in [2.45, 2.75) is 50.7 Å². The zero-order valence-electron chi connectivity index (χ0n) is 16.3. The van der Waals surface area contributed by atoms with Gasteiger partial charge in [-0.05, 0) is 47.4 Å². The minimum atomic E-state index is -6.00. The summed E-state index contributed by atoms with van der Waals surface area (Å²) in [6.45, 7) is 6.81. The Balaban J connectivity index is 0.000000431. The fourth-order valence-electron chi connectivity index (χ4n) is 2.99. The lowest BCUT2D eigenvalue weighted by atomic mass is 9.87. The maximum atomic E-state index is 9.75. The maximum Gasteiger partial charge on any atom is 0.673 e. The van der Waals surface area contributed by atoms with Crippen molar-refractivity contribution in [2.24, 2.45) is 0 Å². The first kappa shape index (κ1) is 21.8. The summed E-state index contributed by atoms with van der Waals surface area (Å²) in [4.78, 5) is 7.08. The van der Waals surface area contributed by atoms with Gasteiger partial charge in [-0.25, -0.2) is 0 Å². The quantitative estimate of drug-likeness (QED) is 0.166. The van der Waals surface area contributed by atoms with Crippen LogP contribution in [0.5, 0.6) is 0 Å². The van der Waals surface area contributed by atoms with Crippen LogP contribution in [0, 0.1) is 0 Å². The molecule has 0 radical (unpaired) electrons. The highest BCUT2D eigenvalue weighted by atomic mass is 32.2. The summed E-state index contributed by atoms with van der Waals surface area (Å²) < 4.78 is 39.0. The second-order valence-electron chi connectivity index (χ2n) is 7.57. The van der Waals surface area contributed by atoms with Crippen LogP contribution in [0.2, 0.25) is 0 Å². The number of hydrogen-bond acceptors (Lipinski definition) is 1. The fourth-order valence-corrected chi connectivity index (χ4v) is 6.73. The van der Waals surface area contributed by atoms with Crippen LogP contribution in [0.15, 0.2) is 97.3 Å². The Hall–Kier alpha value is -1.86. The molecule has 0 atom stereocenters. The van der Waals surface area contributed by atoms with E-state index in [1.54, 1.807) is 0 Å². The molecule has 1 aliphatic heterocycles. The summed E-state index contributed by atoms with van der Waals surface area (Å²) in [5.74, 6) is 0. The van der Waals surface area contributed by atoms with Gasteiger partial charge in [0.15, 0.2) is 14.7 Å². The third-order valence-electron chi connectivity index (χ3n) is 4.31. The van der Waals surface area contributed by atoms with Crippen LogP contribution in [0.1, 0.15) is 26.3 Å². The SMILES string of the molecule is CC(C)(C)c1ccc([S+]2c3ccccc3Sc3ccccc32)cc1.F[B-](F)(F)F. The first-order valence-corrected chi connectivity index (χ1v) is 11.2. The molecule has 152 valence electrons. The van der Waals surface area contributed by atoms with Gasteiger partial charge in [0.2, 0.25) is 0 Å². The van der Waals surface area contributed by atoms with Crippen molar-refractivity contribution in [1.29, 1.82) is 0 Å². The molecule has 0 aliphatic carbocycles. The Morgan fingerprint density at radius 1 is 0.690 bits per heavy atom. The van der Waals surface area contributed by atoms with E-state index in [-0.39, 0.29) is 16.3 Å². The highest BCUT2D eigenvalue weighted by Gasteiger charge is 2.37. The molecule has 3 aromatic carbocycles. The Labute approximate surface area is 176 Å². The van der Waals surface area contributed by atoms with E-state index < -0.39 is 7.25 Å². The molecule has 1 heterocycles. The molecule has 0 nitrogen and oxygen atoms in total. The predicted octanol–water partition coefficient (Wildman–Crippen LogP) is 7.84. The van der Waals surface area contributed by atoms with E-state index in [9.17, 15) is 17.3 Å². The van der Waals surface area contributed by atoms with Crippen LogP contribution in [0.4, 0.5) is 17.3 Å². The van der Waals surface area contributed by atoms with Crippen molar-refractivity contribution in [3.05, 3.63) is 78.4 Å². The zero-order valence-corrected chi connectivity index (χ0v) is 18.0. The first-order chi connectivity index (χ1) is 13.5. The Bertz CT molecular complexity index is 928. The van der Waals surface area contributed by atoms with Crippen LogP contribution in [0.25, 0.3) is 0 Å². The van der Waals surface area contributed by atoms with Gasteiger partial charge in [0.05, 0.1) is 9.79 Å². The minimum Gasteiger partial charge on any atom is -0.418 e. The van der Waals surface area contributed by atoms with Crippen molar-refractivity contribution in [3.8, 4) is 0 Å². The van der Waals surface area contributed by atoms with Gasteiger partial charge in [-0.3, -0.25) is 0 Å². The lowest BCUT2D eigenvalue weighted by Gasteiger charge is -2.21. The molecule has 0 bridgehead atoms. The van der Waals surface area contributed by atoms with Gasteiger partial charge in [0.1, 0.15) is 10.9 Å². The van der Waals surface area contributed by atoms with E-state index in [4.69, 9.17) is 0 Å². The molecule has 0 saturated heterocycles. The third-order valence-corrected chi connectivity index (χ3v) is 8.06. The van der Waals surface area contributed by atoms with Gasteiger partial charge in [-0.2, -0.15) is 0 Å². The lowest BCUT2D eigenvalue weighted by Crippen LogP contribution is -2.13. The normalized spacial score (nSPS) is 13.8. The number of benzene rings is 3. The van der Waals surface area contributed by atoms with Crippen LogP contribution in [0.3, 0.4) is 0 Å². The highest BCUT2D eigenvalue weighted by molar-refractivity contribution is 8.04. The van der Waals surface area contributed by atoms with E-state index in [0.29, 0.717) is 0 Å². The highest BCUT2D eigenvalue weighted by Crippen LogP contribution is 2.48. The molecule has 0 unspecified atom stereocenters. The van der Waals surface area contributed by atoms with Crippen molar-refractivity contribution in [1.82, 2.24) is 0 Å². The van der Waals surface area contributed by atoms with Gasteiger partial charge in [-0.1, -0.05) is 68.9 Å². The standard InChI is InChI=1S/C22H21S2.BF4/c1-22(2,3)16-12-14-17(15-13-16)24-20-10-6-4-8-18(20)23-19-9-5-7-11-21(19)24;2-1(3,4)5/h4-15H,1-3H3;/q+1;-1. The monoisotopic (exact) mass is 436 g/mol. The van der Waals surface area contributed by atoms with Crippen molar-refractivity contribution in [2.75, 3.05) is 0 Å². The molecule has 0 spiro atoms.